The summed E-state index contributed by atoms with van der Waals surface area (Å²) >= 11 is 8.19. The van der Waals surface area contributed by atoms with Crippen molar-refractivity contribution in [1.29, 1.82) is 0 Å². The topological polar surface area (TPSA) is 72.2 Å². The number of hydrogen-bond donors (Lipinski definition) is 2. The molecule has 0 aromatic heterocycles. The molecule has 4 nitrogen and oxygen atoms in total. The summed E-state index contributed by atoms with van der Waals surface area (Å²) in [4.78, 5) is 0.276. The lowest BCUT2D eigenvalue weighted by Gasteiger charge is -2.11. The van der Waals surface area contributed by atoms with E-state index in [1.54, 1.807) is 18.2 Å². The number of aryl methyl sites for hydroxylation is 1. The molecular weight excluding hydrogens is 372 g/mol. The van der Waals surface area contributed by atoms with Crippen LogP contribution in [-0.2, 0) is 10.0 Å². The lowest BCUT2D eigenvalue weighted by molar-refractivity contribution is 0.601. The molecule has 0 heterocycles. The first kappa shape index (κ1) is 15.9. The molecule has 0 aliphatic rings. The van der Waals surface area contributed by atoms with Crippen LogP contribution in [0.4, 0.5) is 5.69 Å². The van der Waals surface area contributed by atoms with Crippen molar-refractivity contribution >= 4 is 48.8 Å². The minimum absolute atomic E-state index is 0.118. The third-order valence-electron chi connectivity index (χ3n) is 2.87. The molecule has 0 spiro atoms. The number of thiocarbonyl (C=S) groups is 1. The maximum Gasteiger partial charge on any atom is 0.261 e. The Morgan fingerprint density at radius 3 is 2.62 bits per heavy atom. The van der Waals surface area contributed by atoms with Gasteiger partial charge < -0.3 is 5.73 Å². The van der Waals surface area contributed by atoms with Crippen LogP contribution in [0.1, 0.15) is 11.1 Å². The number of benzene rings is 2. The fourth-order valence-corrected chi connectivity index (χ4v) is 3.38. The van der Waals surface area contributed by atoms with E-state index in [4.69, 9.17) is 18.0 Å². The van der Waals surface area contributed by atoms with Gasteiger partial charge in [0, 0.05) is 10.0 Å². The number of halogens is 1. The standard InChI is InChI=1S/C14H13BrN2O2S2/c1-9-5-6-11(15)8-13(9)17-21(18,19)12-4-2-3-10(7-12)14(16)20/h2-8,17H,1H3,(H2,16,20). The van der Waals surface area contributed by atoms with E-state index in [9.17, 15) is 8.42 Å². The SMILES string of the molecule is Cc1ccc(Br)cc1NS(=O)(=O)c1cccc(C(N)=S)c1. The van der Waals surface area contributed by atoms with Gasteiger partial charge in [0.1, 0.15) is 4.99 Å². The second kappa shape index (κ2) is 6.13. The van der Waals surface area contributed by atoms with Crippen LogP contribution in [0, 0.1) is 6.92 Å². The Morgan fingerprint density at radius 1 is 1.24 bits per heavy atom. The highest BCUT2D eigenvalue weighted by atomic mass is 79.9. The van der Waals surface area contributed by atoms with E-state index in [0.29, 0.717) is 11.3 Å². The van der Waals surface area contributed by atoms with Gasteiger partial charge in [0.05, 0.1) is 10.6 Å². The van der Waals surface area contributed by atoms with Crippen molar-refractivity contribution in [3.63, 3.8) is 0 Å². The largest absolute Gasteiger partial charge is 0.389 e. The van der Waals surface area contributed by atoms with E-state index in [1.807, 2.05) is 19.1 Å². The van der Waals surface area contributed by atoms with E-state index in [0.717, 1.165) is 10.0 Å². The van der Waals surface area contributed by atoms with Gasteiger partial charge in [0.25, 0.3) is 10.0 Å². The molecule has 0 amide bonds. The zero-order chi connectivity index (χ0) is 15.6. The molecule has 0 atom stereocenters. The fourth-order valence-electron chi connectivity index (χ4n) is 1.72. The van der Waals surface area contributed by atoms with Crippen LogP contribution in [0.3, 0.4) is 0 Å². The normalized spacial score (nSPS) is 11.1. The van der Waals surface area contributed by atoms with E-state index < -0.39 is 10.0 Å². The summed E-state index contributed by atoms with van der Waals surface area (Å²) in [6.07, 6.45) is 0. The Labute approximate surface area is 137 Å². The van der Waals surface area contributed by atoms with Gasteiger partial charge in [0.15, 0.2) is 0 Å². The molecule has 2 aromatic rings. The molecular formula is C14H13BrN2O2S2. The summed E-state index contributed by atoms with van der Waals surface area (Å²) in [7, 11) is -3.69. The van der Waals surface area contributed by atoms with E-state index in [-0.39, 0.29) is 9.88 Å². The Balaban J connectivity index is 2.41. The average Bonchev–Trinajstić information content (AvgIpc) is 2.43. The molecule has 2 rings (SSSR count). The Kier molecular flexibility index (Phi) is 4.65. The average molecular weight is 385 g/mol. The van der Waals surface area contributed by atoms with Crippen molar-refractivity contribution in [2.45, 2.75) is 11.8 Å². The lowest BCUT2D eigenvalue weighted by Crippen LogP contribution is -2.15. The number of hydrogen-bond acceptors (Lipinski definition) is 3. The van der Waals surface area contributed by atoms with Crippen LogP contribution in [-0.4, -0.2) is 13.4 Å². The second-order valence-corrected chi connectivity index (χ2v) is 7.49. The molecule has 0 saturated heterocycles. The van der Waals surface area contributed by atoms with Gasteiger partial charge in [-0.25, -0.2) is 8.42 Å². The number of anilines is 1. The molecule has 7 heteroatoms. The zero-order valence-electron chi connectivity index (χ0n) is 11.1. The van der Waals surface area contributed by atoms with Crippen molar-refractivity contribution < 1.29 is 8.42 Å². The first-order valence-electron chi connectivity index (χ1n) is 5.98. The summed E-state index contributed by atoms with van der Waals surface area (Å²) in [5.74, 6) is 0. The number of sulfonamides is 1. The van der Waals surface area contributed by atoms with Crippen LogP contribution in [0.2, 0.25) is 0 Å². The molecule has 0 fully saturated rings. The Morgan fingerprint density at radius 2 is 1.95 bits per heavy atom. The van der Waals surface area contributed by atoms with Crippen LogP contribution in [0.5, 0.6) is 0 Å². The van der Waals surface area contributed by atoms with Crippen LogP contribution >= 0.6 is 28.1 Å². The van der Waals surface area contributed by atoms with Gasteiger partial charge in [-0.3, -0.25) is 4.72 Å². The summed E-state index contributed by atoms with van der Waals surface area (Å²) in [6.45, 7) is 1.83. The first-order valence-corrected chi connectivity index (χ1v) is 8.67. The summed E-state index contributed by atoms with van der Waals surface area (Å²) in [5.41, 5.74) is 7.39. The highest BCUT2D eigenvalue weighted by Crippen LogP contribution is 2.24. The van der Waals surface area contributed by atoms with Gasteiger partial charge in [-0.15, -0.1) is 0 Å². The Hall–Kier alpha value is -1.44. The number of nitrogens with two attached hydrogens (primary N) is 1. The molecule has 0 bridgehead atoms. The minimum Gasteiger partial charge on any atom is -0.389 e. The monoisotopic (exact) mass is 384 g/mol. The van der Waals surface area contributed by atoms with Crippen molar-refractivity contribution in [1.82, 2.24) is 0 Å². The molecule has 0 aliphatic carbocycles. The predicted molar refractivity (Wildman–Crippen MR) is 92.0 cm³/mol. The van der Waals surface area contributed by atoms with Gasteiger partial charge in [0.2, 0.25) is 0 Å². The molecule has 0 aliphatic heterocycles. The highest BCUT2D eigenvalue weighted by molar-refractivity contribution is 9.10. The molecule has 0 saturated carbocycles. The zero-order valence-corrected chi connectivity index (χ0v) is 14.3. The predicted octanol–water partition coefficient (Wildman–Crippen LogP) is 3.19. The van der Waals surface area contributed by atoms with Crippen LogP contribution in [0.15, 0.2) is 51.8 Å². The molecule has 21 heavy (non-hydrogen) atoms. The fraction of sp³-hybridized carbons (Fsp3) is 0.0714. The lowest BCUT2D eigenvalue weighted by atomic mass is 10.2. The highest BCUT2D eigenvalue weighted by Gasteiger charge is 2.16. The molecule has 0 radical (unpaired) electrons. The van der Waals surface area contributed by atoms with Crippen LogP contribution < -0.4 is 10.5 Å². The Bertz CT molecular complexity index is 804. The van der Waals surface area contributed by atoms with Crippen molar-refractivity contribution in [2.24, 2.45) is 5.73 Å². The van der Waals surface area contributed by atoms with E-state index in [1.165, 1.54) is 12.1 Å². The second-order valence-electron chi connectivity index (χ2n) is 4.46. The van der Waals surface area contributed by atoms with Crippen LogP contribution in [0.25, 0.3) is 0 Å². The van der Waals surface area contributed by atoms with E-state index in [2.05, 4.69) is 20.7 Å². The summed E-state index contributed by atoms with van der Waals surface area (Å²) < 4.78 is 28.2. The van der Waals surface area contributed by atoms with Gasteiger partial charge in [-0.2, -0.15) is 0 Å². The molecule has 110 valence electrons. The van der Waals surface area contributed by atoms with E-state index >= 15 is 0 Å². The van der Waals surface area contributed by atoms with Gasteiger partial charge in [-0.1, -0.05) is 46.3 Å². The molecule has 2 aromatic carbocycles. The quantitative estimate of drug-likeness (QED) is 0.793. The maximum absolute atomic E-state index is 12.4. The summed E-state index contributed by atoms with van der Waals surface area (Å²) in [5, 5.41) is 0. The maximum atomic E-state index is 12.4. The third kappa shape index (κ3) is 3.81. The van der Waals surface area contributed by atoms with Crippen molar-refractivity contribution in [3.8, 4) is 0 Å². The summed E-state index contributed by atoms with van der Waals surface area (Å²) in [6, 6.07) is 11.6. The minimum atomic E-state index is -3.69. The van der Waals surface area contributed by atoms with Crippen molar-refractivity contribution in [2.75, 3.05) is 4.72 Å². The molecule has 0 unspecified atom stereocenters. The smallest absolute Gasteiger partial charge is 0.261 e. The number of rotatable bonds is 4. The molecule has 3 N–H and O–H groups in total. The number of nitrogens with one attached hydrogen (secondary N) is 1. The van der Waals surface area contributed by atoms with Crippen molar-refractivity contribution in [3.05, 3.63) is 58.1 Å². The first-order chi connectivity index (χ1) is 9.79. The van der Waals surface area contributed by atoms with Gasteiger partial charge in [-0.05, 0) is 36.8 Å². The third-order valence-corrected chi connectivity index (χ3v) is 4.96. The van der Waals surface area contributed by atoms with Gasteiger partial charge >= 0.3 is 0 Å².